The molecule has 0 aromatic carbocycles. The minimum Gasteiger partial charge on any atom is -0.303 e. The third-order valence-electron chi connectivity index (χ3n) is 2.90. The van der Waals surface area contributed by atoms with Crippen LogP contribution in [0.2, 0.25) is 0 Å². The number of aryl methyl sites for hydroxylation is 1. The fourth-order valence-electron chi connectivity index (χ4n) is 1.89. The molecular formula is C10H14N2O. The Labute approximate surface area is 77.7 Å². The second-order valence-electron chi connectivity index (χ2n) is 3.99. The summed E-state index contributed by atoms with van der Waals surface area (Å²) in [5.41, 5.74) is 0.961. The Bertz CT molecular complexity index is 312. The maximum absolute atomic E-state index is 10.9. The van der Waals surface area contributed by atoms with Gasteiger partial charge in [0.25, 0.3) is 0 Å². The predicted octanol–water partition coefficient (Wildman–Crippen LogP) is 1.33. The highest BCUT2D eigenvalue weighted by molar-refractivity contribution is 5.61. The molecule has 2 rings (SSSR count). The third-order valence-corrected chi connectivity index (χ3v) is 2.90. The molecule has 0 aliphatic heterocycles. The Morgan fingerprint density at radius 2 is 2.46 bits per heavy atom. The van der Waals surface area contributed by atoms with Crippen LogP contribution in [0.5, 0.6) is 0 Å². The Morgan fingerprint density at radius 1 is 1.69 bits per heavy atom. The first kappa shape index (κ1) is 8.48. The summed E-state index contributed by atoms with van der Waals surface area (Å²) < 4.78 is 1.78. The lowest BCUT2D eigenvalue weighted by molar-refractivity contribution is -0.120. The highest BCUT2D eigenvalue weighted by Crippen LogP contribution is 2.41. The first-order valence-electron chi connectivity index (χ1n) is 4.69. The van der Waals surface area contributed by atoms with Gasteiger partial charge in [0, 0.05) is 25.1 Å². The molecule has 0 radical (unpaired) electrons. The Morgan fingerprint density at radius 3 is 2.85 bits per heavy atom. The van der Waals surface area contributed by atoms with E-state index in [1.54, 1.807) is 4.68 Å². The van der Waals surface area contributed by atoms with Gasteiger partial charge in [-0.05, 0) is 18.9 Å². The summed E-state index contributed by atoms with van der Waals surface area (Å²) in [4.78, 5) is 10.9. The van der Waals surface area contributed by atoms with Gasteiger partial charge in [-0.1, -0.05) is 6.42 Å². The Hall–Kier alpha value is -1.12. The van der Waals surface area contributed by atoms with Crippen LogP contribution >= 0.6 is 0 Å². The Kier molecular flexibility index (Phi) is 1.94. The van der Waals surface area contributed by atoms with Crippen molar-refractivity contribution in [2.24, 2.45) is 12.5 Å². The fourth-order valence-corrected chi connectivity index (χ4v) is 1.89. The van der Waals surface area contributed by atoms with Crippen LogP contribution in [0.25, 0.3) is 0 Å². The van der Waals surface area contributed by atoms with Gasteiger partial charge in [-0.15, -0.1) is 0 Å². The molecule has 0 N–H and O–H groups in total. The number of hydrogen-bond donors (Lipinski definition) is 0. The molecule has 0 amide bonds. The highest BCUT2D eigenvalue weighted by Gasteiger charge is 2.37. The molecule has 1 aliphatic carbocycles. The number of hydrogen-bond acceptors (Lipinski definition) is 2. The van der Waals surface area contributed by atoms with Crippen molar-refractivity contribution in [3.05, 3.63) is 18.0 Å². The van der Waals surface area contributed by atoms with E-state index in [9.17, 15) is 4.79 Å². The largest absolute Gasteiger partial charge is 0.303 e. The van der Waals surface area contributed by atoms with Crippen molar-refractivity contribution in [2.45, 2.75) is 25.7 Å². The zero-order valence-corrected chi connectivity index (χ0v) is 7.86. The predicted molar refractivity (Wildman–Crippen MR) is 49.3 cm³/mol. The summed E-state index contributed by atoms with van der Waals surface area (Å²) in [6.07, 6.45) is 7.11. The van der Waals surface area contributed by atoms with Gasteiger partial charge in [0.2, 0.25) is 0 Å². The van der Waals surface area contributed by atoms with Gasteiger partial charge in [0.15, 0.2) is 0 Å². The van der Waals surface area contributed by atoms with E-state index in [2.05, 4.69) is 5.10 Å². The van der Waals surface area contributed by atoms with Crippen molar-refractivity contribution in [2.75, 3.05) is 0 Å². The molecule has 0 bridgehead atoms. The summed E-state index contributed by atoms with van der Waals surface area (Å²) in [7, 11) is 1.90. The van der Waals surface area contributed by atoms with Gasteiger partial charge in [0.05, 0.1) is 5.69 Å². The fraction of sp³-hybridized carbons (Fsp3) is 0.600. The summed E-state index contributed by atoms with van der Waals surface area (Å²) in [5, 5.41) is 4.28. The average molecular weight is 178 g/mol. The van der Waals surface area contributed by atoms with Crippen LogP contribution < -0.4 is 0 Å². The van der Waals surface area contributed by atoms with Crippen molar-refractivity contribution in [3.63, 3.8) is 0 Å². The molecule has 0 saturated heterocycles. The van der Waals surface area contributed by atoms with E-state index in [1.807, 2.05) is 19.3 Å². The van der Waals surface area contributed by atoms with Gasteiger partial charge in [-0.2, -0.15) is 5.10 Å². The molecule has 1 aromatic rings. The standard InChI is InChI=1S/C10H14N2O/c1-12-6-3-9(11-12)7-10(8-13)4-2-5-10/h3,6,8H,2,4-5,7H2,1H3. The normalized spacial score (nSPS) is 19.5. The molecule has 1 aromatic heterocycles. The second-order valence-corrected chi connectivity index (χ2v) is 3.99. The number of carbonyl (C=O) groups is 1. The van der Waals surface area contributed by atoms with E-state index in [0.717, 1.165) is 31.2 Å². The first-order valence-corrected chi connectivity index (χ1v) is 4.69. The Balaban J connectivity index is 2.08. The molecular weight excluding hydrogens is 164 g/mol. The zero-order chi connectivity index (χ0) is 9.31. The third kappa shape index (κ3) is 1.50. The van der Waals surface area contributed by atoms with E-state index >= 15 is 0 Å². The average Bonchev–Trinajstić information content (AvgIpc) is 2.44. The van der Waals surface area contributed by atoms with Crippen molar-refractivity contribution in [3.8, 4) is 0 Å². The molecule has 0 unspecified atom stereocenters. The number of rotatable bonds is 3. The van der Waals surface area contributed by atoms with Crippen LogP contribution in [0.15, 0.2) is 12.3 Å². The first-order chi connectivity index (χ1) is 6.24. The van der Waals surface area contributed by atoms with E-state index in [1.165, 1.54) is 6.42 Å². The number of carbonyl (C=O) groups excluding carboxylic acids is 1. The molecule has 3 nitrogen and oxygen atoms in total. The number of nitrogens with zero attached hydrogens (tertiary/aromatic N) is 2. The maximum Gasteiger partial charge on any atom is 0.126 e. The highest BCUT2D eigenvalue weighted by atomic mass is 16.1. The van der Waals surface area contributed by atoms with Crippen molar-refractivity contribution in [1.82, 2.24) is 9.78 Å². The quantitative estimate of drug-likeness (QED) is 0.654. The van der Waals surface area contributed by atoms with Gasteiger partial charge < -0.3 is 4.79 Å². The molecule has 13 heavy (non-hydrogen) atoms. The maximum atomic E-state index is 10.9. The van der Waals surface area contributed by atoms with Crippen LogP contribution in [-0.2, 0) is 18.3 Å². The van der Waals surface area contributed by atoms with Gasteiger partial charge in [-0.25, -0.2) is 0 Å². The smallest absolute Gasteiger partial charge is 0.126 e. The lowest BCUT2D eigenvalue weighted by atomic mass is 9.67. The zero-order valence-electron chi connectivity index (χ0n) is 7.86. The molecule has 1 aliphatic rings. The van der Waals surface area contributed by atoms with Crippen molar-refractivity contribution in [1.29, 1.82) is 0 Å². The van der Waals surface area contributed by atoms with E-state index in [0.29, 0.717) is 0 Å². The molecule has 1 fully saturated rings. The van der Waals surface area contributed by atoms with Crippen molar-refractivity contribution >= 4 is 6.29 Å². The van der Waals surface area contributed by atoms with Crippen molar-refractivity contribution < 1.29 is 4.79 Å². The lowest BCUT2D eigenvalue weighted by Crippen LogP contribution is -2.33. The minimum absolute atomic E-state index is 0.0750. The molecule has 0 spiro atoms. The summed E-state index contributed by atoms with van der Waals surface area (Å²) in [6, 6.07) is 1.99. The van der Waals surface area contributed by atoms with E-state index in [-0.39, 0.29) is 5.41 Å². The minimum atomic E-state index is -0.0750. The molecule has 70 valence electrons. The summed E-state index contributed by atoms with van der Waals surface area (Å²) in [6.45, 7) is 0. The second kappa shape index (κ2) is 2.98. The van der Waals surface area contributed by atoms with Crippen LogP contribution in [0, 0.1) is 5.41 Å². The monoisotopic (exact) mass is 178 g/mol. The molecule has 1 saturated carbocycles. The topological polar surface area (TPSA) is 34.9 Å². The van der Waals surface area contributed by atoms with E-state index in [4.69, 9.17) is 0 Å². The summed E-state index contributed by atoms with van der Waals surface area (Å²) >= 11 is 0. The van der Waals surface area contributed by atoms with Crippen LogP contribution in [0.4, 0.5) is 0 Å². The van der Waals surface area contributed by atoms with Gasteiger partial charge in [0.1, 0.15) is 6.29 Å². The van der Waals surface area contributed by atoms with Gasteiger partial charge >= 0.3 is 0 Å². The molecule has 0 atom stereocenters. The van der Waals surface area contributed by atoms with Crippen LogP contribution in [0.3, 0.4) is 0 Å². The van der Waals surface area contributed by atoms with Gasteiger partial charge in [-0.3, -0.25) is 4.68 Å². The molecule has 3 heteroatoms. The number of aromatic nitrogens is 2. The summed E-state index contributed by atoms with van der Waals surface area (Å²) in [5.74, 6) is 0. The molecule has 1 heterocycles. The van der Waals surface area contributed by atoms with Crippen LogP contribution in [-0.4, -0.2) is 16.1 Å². The number of aldehydes is 1. The van der Waals surface area contributed by atoms with E-state index < -0.39 is 0 Å². The SMILES string of the molecule is Cn1ccc(CC2(C=O)CCC2)n1. The lowest BCUT2D eigenvalue weighted by Gasteiger charge is -2.35. The van der Waals surface area contributed by atoms with Crippen LogP contribution in [0.1, 0.15) is 25.0 Å².